The molecule has 1 aromatic carbocycles. The Hall–Kier alpha value is -2.51. The fourth-order valence-corrected chi connectivity index (χ4v) is 1.65. The van der Waals surface area contributed by atoms with Gasteiger partial charge in [0.1, 0.15) is 5.76 Å². The summed E-state index contributed by atoms with van der Waals surface area (Å²) in [5.74, 6) is 6.09. The third kappa shape index (κ3) is 3.24. The number of rotatable bonds is 2. The fraction of sp³-hybridized carbons (Fsp3) is 0.133. The molecule has 0 bridgehead atoms. The second kappa shape index (κ2) is 5.89. The van der Waals surface area contributed by atoms with Gasteiger partial charge in [-0.2, -0.15) is 0 Å². The molecule has 0 saturated heterocycles. The van der Waals surface area contributed by atoms with E-state index in [4.69, 9.17) is 10.2 Å². The Morgan fingerprint density at radius 1 is 1.42 bits per heavy atom. The Morgan fingerprint density at radius 3 is 2.95 bits per heavy atom. The summed E-state index contributed by atoms with van der Waals surface area (Å²) in [6.45, 7) is 2.06. The molecule has 0 unspecified atom stereocenters. The molecule has 0 spiro atoms. The summed E-state index contributed by atoms with van der Waals surface area (Å²) in [6, 6.07) is 8.94. The lowest BCUT2D eigenvalue weighted by Crippen LogP contribution is -2.12. The quantitative estimate of drug-likeness (QED) is 0.807. The number of benzene rings is 1. The largest absolute Gasteiger partial charge is 0.469 e. The molecule has 0 radical (unpaired) electrons. The molecule has 0 aliphatic carbocycles. The van der Waals surface area contributed by atoms with Crippen LogP contribution in [0.3, 0.4) is 0 Å². The van der Waals surface area contributed by atoms with Gasteiger partial charge in [0, 0.05) is 11.3 Å². The average Bonchev–Trinajstić information content (AvgIpc) is 2.83. The SMILES string of the molecule is Cc1occc1C(=O)Nc1cccc(C#CCN)c1. The van der Waals surface area contributed by atoms with Crippen LogP contribution in [-0.2, 0) is 0 Å². The van der Waals surface area contributed by atoms with E-state index in [-0.39, 0.29) is 5.91 Å². The smallest absolute Gasteiger partial charge is 0.259 e. The van der Waals surface area contributed by atoms with E-state index in [2.05, 4.69) is 17.2 Å². The fourth-order valence-electron chi connectivity index (χ4n) is 1.65. The molecule has 0 aliphatic rings. The van der Waals surface area contributed by atoms with Crippen LogP contribution < -0.4 is 11.1 Å². The highest BCUT2D eigenvalue weighted by atomic mass is 16.3. The van der Waals surface area contributed by atoms with E-state index < -0.39 is 0 Å². The van der Waals surface area contributed by atoms with E-state index in [0.29, 0.717) is 23.6 Å². The molecule has 3 N–H and O–H groups in total. The van der Waals surface area contributed by atoms with Crippen molar-refractivity contribution >= 4 is 11.6 Å². The summed E-state index contributed by atoms with van der Waals surface area (Å²) in [4.78, 5) is 12.0. The third-order valence-electron chi connectivity index (χ3n) is 2.56. The van der Waals surface area contributed by atoms with Crippen LogP contribution in [0.4, 0.5) is 5.69 Å². The molecular weight excluding hydrogens is 240 g/mol. The Labute approximate surface area is 111 Å². The van der Waals surface area contributed by atoms with Crippen molar-refractivity contribution in [2.24, 2.45) is 5.73 Å². The maximum atomic E-state index is 12.0. The maximum absolute atomic E-state index is 12.0. The maximum Gasteiger partial charge on any atom is 0.259 e. The summed E-state index contributed by atoms with van der Waals surface area (Å²) in [7, 11) is 0. The number of nitrogens with two attached hydrogens (primary N) is 1. The van der Waals surface area contributed by atoms with E-state index in [1.807, 2.05) is 12.1 Å². The highest BCUT2D eigenvalue weighted by Gasteiger charge is 2.11. The first-order valence-corrected chi connectivity index (χ1v) is 5.85. The molecule has 1 aromatic heterocycles. The first kappa shape index (κ1) is 12.9. The minimum Gasteiger partial charge on any atom is -0.469 e. The van der Waals surface area contributed by atoms with Gasteiger partial charge in [-0.05, 0) is 31.2 Å². The number of nitrogens with one attached hydrogen (secondary N) is 1. The van der Waals surface area contributed by atoms with Crippen LogP contribution in [0, 0.1) is 18.8 Å². The van der Waals surface area contributed by atoms with Crippen molar-refractivity contribution in [3.8, 4) is 11.8 Å². The van der Waals surface area contributed by atoms with Gasteiger partial charge < -0.3 is 15.5 Å². The molecule has 0 atom stereocenters. The Morgan fingerprint density at radius 2 is 2.26 bits per heavy atom. The van der Waals surface area contributed by atoms with Crippen LogP contribution in [-0.4, -0.2) is 12.5 Å². The van der Waals surface area contributed by atoms with E-state index in [9.17, 15) is 4.79 Å². The Balaban J connectivity index is 2.15. The summed E-state index contributed by atoms with van der Waals surface area (Å²) in [5, 5.41) is 2.80. The van der Waals surface area contributed by atoms with Crippen molar-refractivity contribution < 1.29 is 9.21 Å². The van der Waals surface area contributed by atoms with Crippen LogP contribution in [0.25, 0.3) is 0 Å². The highest BCUT2D eigenvalue weighted by Crippen LogP contribution is 2.14. The molecule has 4 nitrogen and oxygen atoms in total. The van der Waals surface area contributed by atoms with Crippen LogP contribution >= 0.6 is 0 Å². The number of amides is 1. The third-order valence-corrected chi connectivity index (χ3v) is 2.56. The van der Waals surface area contributed by atoms with Crippen molar-refractivity contribution in [2.45, 2.75) is 6.92 Å². The van der Waals surface area contributed by atoms with E-state index >= 15 is 0 Å². The number of hydrogen-bond acceptors (Lipinski definition) is 3. The van der Waals surface area contributed by atoms with Gasteiger partial charge in [-0.3, -0.25) is 4.79 Å². The number of hydrogen-bond donors (Lipinski definition) is 2. The molecule has 0 aliphatic heterocycles. The van der Waals surface area contributed by atoms with Gasteiger partial charge in [0.15, 0.2) is 0 Å². The summed E-state index contributed by atoms with van der Waals surface area (Å²) >= 11 is 0. The van der Waals surface area contributed by atoms with E-state index in [1.54, 1.807) is 25.1 Å². The summed E-state index contributed by atoms with van der Waals surface area (Å²) in [6.07, 6.45) is 1.49. The highest BCUT2D eigenvalue weighted by molar-refractivity contribution is 6.04. The zero-order valence-electron chi connectivity index (χ0n) is 10.6. The minimum atomic E-state index is -0.199. The molecule has 1 heterocycles. The predicted octanol–water partition coefficient (Wildman–Crippen LogP) is 2.15. The molecule has 19 heavy (non-hydrogen) atoms. The molecule has 1 amide bonds. The van der Waals surface area contributed by atoms with Gasteiger partial charge in [-0.15, -0.1) is 0 Å². The summed E-state index contributed by atoms with van der Waals surface area (Å²) < 4.78 is 5.10. The van der Waals surface area contributed by atoms with Crippen LogP contribution in [0.1, 0.15) is 21.7 Å². The van der Waals surface area contributed by atoms with Crippen molar-refractivity contribution in [3.05, 3.63) is 53.5 Å². The zero-order valence-corrected chi connectivity index (χ0v) is 10.6. The van der Waals surface area contributed by atoms with Gasteiger partial charge >= 0.3 is 0 Å². The average molecular weight is 254 g/mol. The van der Waals surface area contributed by atoms with Crippen molar-refractivity contribution in [3.63, 3.8) is 0 Å². The van der Waals surface area contributed by atoms with Crippen molar-refractivity contribution in [1.82, 2.24) is 0 Å². The second-order valence-corrected chi connectivity index (χ2v) is 3.93. The standard InChI is InChI=1S/C15H14N2O2/c1-11-14(7-9-19-11)15(18)17-13-6-2-4-12(10-13)5-3-8-16/h2,4,6-7,9-10H,8,16H2,1H3,(H,17,18). The van der Waals surface area contributed by atoms with Gasteiger partial charge in [0.25, 0.3) is 5.91 Å². The normalized spacial score (nSPS) is 9.58. The predicted molar refractivity (Wildman–Crippen MR) is 73.8 cm³/mol. The lowest BCUT2D eigenvalue weighted by Gasteiger charge is -2.04. The van der Waals surface area contributed by atoms with Crippen LogP contribution in [0.5, 0.6) is 0 Å². The Kier molecular flexibility index (Phi) is 4.01. The first-order chi connectivity index (χ1) is 9.20. The van der Waals surface area contributed by atoms with Gasteiger partial charge in [0.2, 0.25) is 0 Å². The topological polar surface area (TPSA) is 68.3 Å². The number of anilines is 1. The number of furan rings is 1. The molecule has 2 rings (SSSR count). The first-order valence-electron chi connectivity index (χ1n) is 5.85. The van der Waals surface area contributed by atoms with Gasteiger partial charge in [-0.1, -0.05) is 17.9 Å². The van der Waals surface area contributed by atoms with Gasteiger partial charge in [-0.25, -0.2) is 0 Å². The monoisotopic (exact) mass is 254 g/mol. The van der Waals surface area contributed by atoms with Crippen LogP contribution in [0.2, 0.25) is 0 Å². The molecule has 0 fully saturated rings. The lowest BCUT2D eigenvalue weighted by atomic mass is 10.2. The number of aryl methyl sites for hydroxylation is 1. The van der Waals surface area contributed by atoms with E-state index in [1.165, 1.54) is 6.26 Å². The lowest BCUT2D eigenvalue weighted by molar-refractivity contribution is 0.102. The number of carbonyl (C=O) groups excluding carboxylic acids is 1. The second-order valence-electron chi connectivity index (χ2n) is 3.93. The molecular formula is C15H14N2O2. The van der Waals surface area contributed by atoms with Crippen LogP contribution in [0.15, 0.2) is 41.0 Å². The minimum absolute atomic E-state index is 0.199. The summed E-state index contributed by atoms with van der Waals surface area (Å²) in [5.41, 5.74) is 7.35. The van der Waals surface area contributed by atoms with Crippen molar-refractivity contribution in [2.75, 3.05) is 11.9 Å². The van der Waals surface area contributed by atoms with Gasteiger partial charge in [0.05, 0.1) is 18.4 Å². The van der Waals surface area contributed by atoms with E-state index in [0.717, 1.165) is 5.56 Å². The molecule has 2 aromatic rings. The molecule has 96 valence electrons. The number of carbonyl (C=O) groups is 1. The molecule has 4 heteroatoms. The Bertz CT molecular complexity index is 647. The molecule has 0 saturated carbocycles. The zero-order chi connectivity index (χ0) is 13.7. The van der Waals surface area contributed by atoms with Crippen molar-refractivity contribution in [1.29, 1.82) is 0 Å².